The number of benzene rings is 2. The van der Waals surface area contributed by atoms with Crippen LogP contribution in [0.5, 0.6) is 23.0 Å². The second-order valence-corrected chi connectivity index (χ2v) is 6.10. The number of amides is 4. The summed E-state index contributed by atoms with van der Waals surface area (Å²) in [7, 11) is 5.81. The molecule has 3 rings (SSSR count). The van der Waals surface area contributed by atoms with Gasteiger partial charge in [-0.05, 0) is 36.4 Å². The lowest BCUT2D eigenvalue weighted by Gasteiger charge is -2.27. The van der Waals surface area contributed by atoms with E-state index in [-0.39, 0.29) is 17.0 Å². The van der Waals surface area contributed by atoms with E-state index in [0.29, 0.717) is 22.8 Å². The van der Waals surface area contributed by atoms with Crippen LogP contribution in [-0.4, -0.2) is 46.3 Å². The fourth-order valence-corrected chi connectivity index (χ4v) is 2.96. The van der Waals surface area contributed by atoms with E-state index in [1.165, 1.54) is 40.6 Å². The van der Waals surface area contributed by atoms with Crippen LogP contribution in [0, 0.1) is 0 Å². The van der Waals surface area contributed by atoms with Crippen molar-refractivity contribution in [2.45, 2.75) is 0 Å². The predicted molar refractivity (Wildman–Crippen MR) is 108 cm³/mol. The molecule has 30 heavy (non-hydrogen) atoms. The number of carbonyl (C=O) groups is 3. The smallest absolute Gasteiger partial charge is 0.336 e. The number of urea groups is 1. The molecule has 0 atom stereocenters. The minimum atomic E-state index is -0.897. The molecule has 0 spiro atoms. The number of hydrogen-bond donors (Lipinski definition) is 1. The van der Waals surface area contributed by atoms with Crippen molar-refractivity contribution in [2.75, 3.05) is 33.3 Å². The fourth-order valence-electron chi connectivity index (χ4n) is 2.96. The molecule has 1 saturated heterocycles. The molecule has 9 nitrogen and oxygen atoms in total. The molecule has 1 aliphatic heterocycles. The summed E-state index contributed by atoms with van der Waals surface area (Å²) in [5.74, 6) is -0.0524. The van der Waals surface area contributed by atoms with Crippen molar-refractivity contribution in [2.24, 2.45) is 0 Å². The number of imide groups is 2. The third kappa shape index (κ3) is 3.77. The third-order valence-corrected chi connectivity index (χ3v) is 4.47. The zero-order valence-electron chi connectivity index (χ0n) is 16.8. The van der Waals surface area contributed by atoms with Gasteiger partial charge in [-0.15, -0.1) is 0 Å². The Balaban J connectivity index is 2.12. The van der Waals surface area contributed by atoms with E-state index in [4.69, 9.17) is 18.9 Å². The van der Waals surface area contributed by atoms with Gasteiger partial charge in [0.15, 0.2) is 0 Å². The topological polar surface area (TPSA) is 103 Å². The first kappa shape index (κ1) is 20.7. The van der Waals surface area contributed by atoms with Gasteiger partial charge in [0.25, 0.3) is 11.8 Å². The molecule has 4 amide bonds. The quantitative estimate of drug-likeness (QED) is 0.574. The SMILES string of the molecule is COc1ccc(OC)c(C=C2C(=O)NC(=O)N(c3cc(OC)ccc3OC)C2=O)c1. The summed E-state index contributed by atoms with van der Waals surface area (Å²) in [6.07, 6.45) is 1.34. The van der Waals surface area contributed by atoms with Crippen LogP contribution in [0.3, 0.4) is 0 Å². The summed E-state index contributed by atoms with van der Waals surface area (Å²) in [5.41, 5.74) is 0.309. The Morgan fingerprint density at radius 3 is 2.00 bits per heavy atom. The van der Waals surface area contributed by atoms with Crippen LogP contribution in [0.2, 0.25) is 0 Å². The number of ether oxygens (including phenoxy) is 4. The van der Waals surface area contributed by atoms with Gasteiger partial charge in [0.05, 0.1) is 34.1 Å². The molecule has 0 aliphatic carbocycles. The van der Waals surface area contributed by atoms with Gasteiger partial charge in [0, 0.05) is 11.6 Å². The number of rotatable bonds is 6. The summed E-state index contributed by atoms with van der Waals surface area (Å²) in [6, 6.07) is 8.68. The Kier molecular flexibility index (Phi) is 5.91. The lowest BCUT2D eigenvalue weighted by Crippen LogP contribution is -2.54. The van der Waals surface area contributed by atoms with Crippen LogP contribution in [0.4, 0.5) is 10.5 Å². The molecule has 2 aromatic rings. The highest BCUT2D eigenvalue weighted by molar-refractivity contribution is 6.39. The van der Waals surface area contributed by atoms with Crippen molar-refractivity contribution in [3.63, 3.8) is 0 Å². The minimum Gasteiger partial charge on any atom is -0.497 e. The van der Waals surface area contributed by atoms with Gasteiger partial charge in [-0.1, -0.05) is 0 Å². The van der Waals surface area contributed by atoms with Crippen molar-refractivity contribution >= 4 is 29.6 Å². The van der Waals surface area contributed by atoms with Gasteiger partial charge in [-0.2, -0.15) is 0 Å². The van der Waals surface area contributed by atoms with Crippen molar-refractivity contribution < 1.29 is 33.3 Å². The van der Waals surface area contributed by atoms with Gasteiger partial charge >= 0.3 is 6.03 Å². The Bertz CT molecular complexity index is 1050. The van der Waals surface area contributed by atoms with Gasteiger partial charge in [-0.25, -0.2) is 9.69 Å². The molecule has 1 aliphatic rings. The van der Waals surface area contributed by atoms with Crippen LogP contribution >= 0.6 is 0 Å². The second-order valence-electron chi connectivity index (χ2n) is 6.10. The van der Waals surface area contributed by atoms with Crippen molar-refractivity contribution in [1.82, 2.24) is 5.32 Å². The van der Waals surface area contributed by atoms with Crippen molar-refractivity contribution in [1.29, 1.82) is 0 Å². The second kappa shape index (κ2) is 8.56. The molecule has 156 valence electrons. The largest absolute Gasteiger partial charge is 0.497 e. The van der Waals surface area contributed by atoms with Crippen LogP contribution in [0.1, 0.15) is 5.56 Å². The highest BCUT2D eigenvalue weighted by atomic mass is 16.5. The first-order valence-corrected chi connectivity index (χ1v) is 8.79. The zero-order chi connectivity index (χ0) is 21.8. The molecule has 0 bridgehead atoms. The van der Waals surface area contributed by atoms with Crippen LogP contribution in [0.15, 0.2) is 42.0 Å². The average molecular weight is 412 g/mol. The summed E-state index contributed by atoms with van der Waals surface area (Å²) in [4.78, 5) is 39.0. The Hall–Kier alpha value is -4.01. The maximum absolute atomic E-state index is 13.2. The first-order chi connectivity index (χ1) is 14.4. The monoisotopic (exact) mass is 412 g/mol. The molecule has 0 saturated carbocycles. The number of nitrogens with zero attached hydrogens (tertiary/aromatic N) is 1. The number of anilines is 1. The molecular weight excluding hydrogens is 392 g/mol. The van der Waals surface area contributed by atoms with Gasteiger partial charge in [0.2, 0.25) is 0 Å². The average Bonchev–Trinajstić information content (AvgIpc) is 2.76. The number of nitrogens with one attached hydrogen (secondary N) is 1. The van der Waals surface area contributed by atoms with E-state index in [2.05, 4.69) is 5.32 Å². The van der Waals surface area contributed by atoms with E-state index < -0.39 is 17.8 Å². The fraction of sp³-hybridized carbons (Fsp3) is 0.190. The van der Waals surface area contributed by atoms with E-state index >= 15 is 0 Å². The zero-order valence-corrected chi connectivity index (χ0v) is 16.8. The predicted octanol–water partition coefficient (Wildman–Crippen LogP) is 2.39. The van der Waals surface area contributed by atoms with Crippen molar-refractivity contribution in [3.05, 3.63) is 47.5 Å². The van der Waals surface area contributed by atoms with Gasteiger partial charge in [-0.3, -0.25) is 14.9 Å². The Labute approximate surface area is 172 Å². The molecule has 0 radical (unpaired) electrons. The van der Waals surface area contributed by atoms with E-state index in [9.17, 15) is 14.4 Å². The molecule has 2 aromatic carbocycles. The number of methoxy groups -OCH3 is 4. The highest BCUT2D eigenvalue weighted by Crippen LogP contribution is 2.35. The van der Waals surface area contributed by atoms with E-state index in [1.807, 2.05) is 0 Å². The van der Waals surface area contributed by atoms with E-state index in [0.717, 1.165) is 4.90 Å². The summed E-state index contributed by atoms with van der Waals surface area (Å²) in [6.45, 7) is 0. The molecular formula is C21H20N2O7. The molecule has 9 heteroatoms. The summed E-state index contributed by atoms with van der Waals surface area (Å²) in [5, 5.41) is 2.17. The lowest BCUT2D eigenvalue weighted by atomic mass is 10.1. The standard InChI is InChI=1S/C21H20N2O7/c1-27-13-5-7-17(29-3)12(9-13)10-15-19(24)22-21(26)23(20(15)25)16-11-14(28-2)6-8-18(16)30-4/h5-11H,1-4H3,(H,22,24,26). The highest BCUT2D eigenvalue weighted by Gasteiger charge is 2.38. The molecule has 0 aromatic heterocycles. The molecule has 1 heterocycles. The van der Waals surface area contributed by atoms with Crippen LogP contribution in [0.25, 0.3) is 6.08 Å². The number of carbonyl (C=O) groups excluding carboxylic acids is 3. The van der Waals surface area contributed by atoms with Gasteiger partial charge in [0.1, 0.15) is 28.6 Å². The van der Waals surface area contributed by atoms with E-state index in [1.54, 1.807) is 30.3 Å². The maximum atomic E-state index is 13.2. The molecule has 1 fully saturated rings. The van der Waals surface area contributed by atoms with Crippen LogP contribution in [-0.2, 0) is 9.59 Å². The molecule has 1 N–H and O–H groups in total. The minimum absolute atomic E-state index is 0.135. The van der Waals surface area contributed by atoms with Crippen LogP contribution < -0.4 is 29.2 Å². The first-order valence-electron chi connectivity index (χ1n) is 8.79. The summed E-state index contributed by atoms with van der Waals surface area (Å²) < 4.78 is 20.9. The molecule has 0 unspecified atom stereocenters. The number of hydrogen-bond acceptors (Lipinski definition) is 7. The Morgan fingerprint density at radius 1 is 0.800 bits per heavy atom. The number of barbiturate groups is 1. The van der Waals surface area contributed by atoms with Crippen molar-refractivity contribution in [3.8, 4) is 23.0 Å². The Morgan fingerprint density at radius 2 is 1.40 bits per heavy atom. The summed E-state index contributed by atoms with van der Waals surface area (Å²) >= 11 is 0. The third-order valence-electron chi connectivity index (χ3n) is 4.47. The normalized spacial score (nSPS) is 15.1. The lowest BCUT2D eigenvalue weighted by molar-refractivity contribution is -0.122. The van der Waals surface area contributed by atoms with Gasteiger partial charge < -0.3 is 18.9 Å². The maximum Gasteiger partial charge on any atom is 0.336 e.